The van der Waals surface area contributed by atoms with Crippen LogP contribution in [0.2, 0.25) is 0 Å². The van der Waals surface area contributed by atoms with Crippen molar-refractivity contribution >= 4 is 11.8 Å². The normalized spacial score (nSPS) is 22.2. The van der Waals surface area contributed by atoms with E-state index in [0.717, 1.165) is 49.9 Å². The fraction of sp³-hybridized carbons (Fsp3) is 0.522. The van der Waals surface area contributed by atoms with Crippen molar-refractivity contribution in [3.05, 3.63) is 42.2 Å². The smallest absolute Gasteiger partial charge is 0.228 e. The van der Waals surface area contributed by atoms with Gasteiger partial charge in [-0.3, -0.25) is 9.59 Å². The summed E-state index contributed by atoms with van der Waals surface area (Å²) in [4.78, 5) is 27.9. The lowest BCUT2D eigenvalue weighted by atomic mass is 9.74. The molecule has 1 aromatic carbocycles. The van der Waals surface area contributed by atoms with Crippen molar-refractivity contribution in [2.45, 2.75) is 45.4 Å². The molecule has 1 atom stereocenters. The largest absolute Gasteiger partial charge is 0.361 e. The first-order chi connectivity index (χ1) is 14.1. The Morgan fingerprint density at radius 2 is 2.03 bits per heavy atom. The molecular weight excluding hydrogens is 366 g/mol. The van der Waals surface area contributed by atoms with Gasteiger partial charge in [-0.15, -0.1) is 0 Å². The summed E-state index contributed by atoms with van der Waals surface area (Å²) >= 11 is 0. The van der Waals surface area contributed by atoms with Gasteiger partial charge in [0.2, 0.25) is 11.8 Å². The molecule has 0 unspecified atom stereocenters. The molecule has 6 heteroatoms. The van der Waals surface area contributed by atoms with Crippen molar-refractivity contribution in [2.24, 2.45) is 11.3 Å². The summed E-state index contributed by atoms with van der Waals surface area (Å²) in [6.07, 6.45) is 5.11. The Morgan fingerprint density at radius 3 is 2.72 bits per heavy atom. The van der Waals surface area contributed by atoms with Crippen molar-refractivity contribution in [3.63, 3.8) is 0 Å². The molecule has 4 rings (SSSR count). The van der Waals surface area contributed by atoms with Crippen molar-refractivity contribution in [1.29, 1.82) is 0 Å². The van der Waals surface area contributed by atoms with E-state index >= 15 is 0 Å². The molecule has 1 N–H and O–H groups in total. The van der Waals surface area contributed by atoms with Crippen LogP contribution >= 0.6 is 0 Å². The maximum absolute atomic E-state index is 13.1. The van der Waals surface area contributed by atoms with E-state index in [2.05, 4.69) is 10.5 Å². The first-order valence-electron chi connectivity index (χ1n) is 10.7. The first-order valence-corrected chi connectivity index (χ1v) is 10.7. The average Bonchev–Trinajstić information content (AvgIpc) is 3.16. The van der Waals surface area contributed by atoms with Gasteiger partial charge in [0.05, 0.1) is 5.41 Å². The Morgan fingerprint density at radius 1 is 1.24 bits per heavy atom. The van der Waals surface area contributed by atoms with E-state index in [4.69, 9.17) is 4.52 Å². The molecule has 1 aliphatic heterocycles. The number of aromatic nitrogens is 1. The molecule has 0 radical (unpaired) electrons. The highest BCUT2D eigenvalue weighted by Crippen LogP contribution is 2.37. The second kappa shape index (κ2) is 8.39. The number of hydrogen-bond acceptors (Lipinski definition) is 4. The third kappa shape index (κ3) is 4.07. The number of nitrogens with one attached hydrogen (secondary N) is 1. The van der Waals surface area contributed by atoms with Crippen LogP contribution in [0.15, 0.2) is 40.9 Å². The second-order valence-electron chi connectivity index (χ2n) is 8.35. The van der Waals surface area contributed by atoms with Crippen LogP contribution in [-0.2, 0) is 16.0 Å². The second-order valence-corrected chi connectivity index (χ2v) is 8.35. The van der Waals surface area contributed by atoms with Gasteiger partial charge in [-0.05, 0) is 32.6 Å². The van der Waals surface area contributed by atoms with E-state index in [1.165, 1.54) is 0 Å². The first kappa shape index (κ1) is 19.7. The number of likely N-dealkylation sites (tertiary alicyclic amines) is 1. The average molecular weight is 396 g/mol. The number of hydrogen-bond donors (Lipinski definition) is 1. The van der Waals surface area contributed by atoms with E-state index in [-0.39, 0.29) is 17.7 Å². The molecule has 0 bridgehead atoms. The Balaban J connectivity index is 1.56. The lowest BCUT2D eigenvalue weighted by molar-refractivity contribution is -0.146. The Labute approximate surface area is 171 Å². The van der Waals surface area contributed by atoms with Crippen LogP contribution in [0.5, 0.6) is 0 Å². The van der Waals surface area contributed by atoms with Crippen LogP contribution in [0, 0.1) is 11.3 Å². The van der Waals surface area contributed by atoms with Crippen molar-refractivity contribution in [1.82, 2.24) is 15.4 Å². The predicted molar refractivity (Wildman–Crippen MR) is 110 cm³/mol. The van der Waals surface area contributed by atoms with Gasteiger partial charge in [-0.25, -0.2) is 0 Å². The minimum absolute atomic E-state index is 0.00349. The van der Waals surface area contributed by atoms with Gasteiger partial charge in [0.25, 0.3) is 0 Å². The van der Waals surface area contributed by atoms with E-state index in [9.17, 15) is 9.59 Å². The number of rotatable bonds is 6. The van der Waals surface area contributed by atoms with Crippen LogP contribution in [0.1, 0.15) is 44.8 Å². The maximum Gasteiger partial charge on any atom is 0.228 e. The number of carbonyl (C=O) groups is 2. The highest BCUT2D eigenvalue weighted by Gasteiger charge is 2.45. The standard InChI is InChI=1S/C23H29N3O3/c1-2-24-22(28)23(12-7-13-26(16-23)21(27)18-10-6-11-18)15-19-14-20(25-29-19)17-8-4-3-5-9-17/h3-5,8-9,14,18H,2,6-7,10-13,15-16H2,1H3,(H,24,28)/t23-/m0/s1. The van der Waals surface area contributed by atoms with Crippen LogP contribution < -0.4 is 5.32 Å². The Bertz CT molecular complexity index is 859. The van der Waals surface area contributed by atoms with Gasteiger partial charge in [-0.2, -0.15) is 0 Å². The molecule has 2 aromatic rings. The third-order valence-electron chi connectivity index (χ3n) is 6.30. The summed E-state index contributed by atoms with van der Waals surface area (Å²) in [5.41, 5.74) is 1.09. The van der Waals surface area contributed by atoms with Crippen LogP contribution in [0.4, 0.5) is 0 Å². The summed E-state index contributed by atoms with van der Waals surface area (Å²) in [6, 6.07) is 11.8. The summed E-state index contributed by atoms with van der Waals surface area (Å²) in [5, 5.41) is 7.20. The third-order valence-corrected chi connectivity index (χ3v) is 6.30. The molecule has 1 saturated carbocycles. The number of nitrogens with zero attached hydrogens (tertiary/aromatic N) is 2. The molecule has 0 spiro atoms. The summed E-state index contributed by atoms with van der Waals surface area (Å²) in [6.45, 7) is 3.69. The van der Waals surface area contributed by atoms with Gasteiger partial charge in [0, 0.05) is 43.6 Å². The van der Waals surface area contributed by atoms with E-state index < -0.39 is 5.41 Å². The maximum atomic E-state index is 13.1. The topological polar surface area (TPSA) is 75.4 Å². The molecular formula is C23H29N3O3. The van der Waals surface area contributed by atoms with Gasteiger partial charge in [0.1, 0.15) is 11.5 Å². The highest BCUT2D eigenvalue weighted by molar-refractivity contribution is 5.85. The SMILES string of the molecule is CCNC(=O)[C@]1(Cc2cc(-c3ccccc3)no2)CCCN(C(=O)C2CCC2)C1. The van der Waals surface area contributed by atoms with Crippen LogP contribution in [0.25, 0.3) is 11.3 Å². The van der Waals surface area contributed by atoms with Gasteiger partial charge in [0.15, 0.2) is 0 Å². The molecule has 1 aliphatic carbocycles. The summed E-state index contributed by atoms with van der Waals surface area (Å²) in [5.74, 6) is 1.05. The van der Waals surface area contributed by atoms with Gasteiger partial charge < -0.3 is 14.7 Å². The zero-order valence-corrected chi connectivity index (χ0v) is 17.0. The fourth-order valence-corrected chi connectivity index (χ4v) is 4.47. The quantitative estimate of drug-likeness (QED) is 0.813. The number of benzene rings is 1. The zero-order valence-electron chi connectivity index (χ0n) is 17.0. The molecule has 1 saturated heterocycles. The molecule has 2 fully saturated rings. The molecule has 154 valence electrons. The van der Waals surface area contributed by atoms with Crippen molar-refractivity contribution < 1.29 is 14.1 Å². The number of carbonyl (C=O) groups excluding carboxylic acids is 2. The number of piperidine rings is 1. The van der Waals surface area contributed by atoms with E-state index in [1.54, 1.807) is 0 Å². The zero-order chi connectivity index (χ0) is 20.3. The molecule has 6 nitrogen and oxygen atoms in total. The summed E-state index contributed by atoms with van der Waals surface area (Å²) in [7, 11) is 0. The minimum atomic E-state index is -0.666. The summed E-state index contributed by atoms with van der Waals surface area (Å²) < 4.78 is 5.62. The lowest BCUT2D eigenvalue weighted by Crippen LogP contribution is -2.55. The van der Waals surface area contributed by atoms with Crippen molar-refractivity contribution in [2.75, 3.05) is 19.6 Å². The van der Waals surface area contributed by atoms with Crippen LogP contribution in [-0.4, -0.2) is 41.5 Å². The molecule has 2 amide bonds. The number of amides is 2. The van der Waals surface area contributed by atoms with E-state index in [0.29, 0.717) is 25.3 Å². The van der Waals surface area contributed by atoms with Crippen molar-refractivity contribution in [3.8, 4) is 11.3 Å². The predicted octanol–water partition coefficient (Wildman–Crippen LogP) is 3.43. The Kier molecular flexibility index (Phi) is 5.69. The Hall–Kier alpha value is -2.63. The van der Waals surface area contributed by atoms with E-state index in [1.807, 2.05) is 48.2 Å². The van der Waals surface area contributed by atoms with Gasteiger partial charge in [-0.1, -0.05) is 41.9 Å². The molecule has 2 heterocycles. The van der Waals surface area contributed by atoms with Crippen LogP contribution in [0.3, 0.4) is 0 Å². The molecule has 1 aromatic heterocycles. The highest BCUT2D eigenvalue weighted by atomic mass is 16.5. The minimum Gasteiger partial charge on any atom is -0.361 e. The lowest BCUT2D eigenvalue weighted by Gasteiger charge is -2.43. The van der Waals surface area contributed by atoms with Gasteiger partial charge >= 0.3 is 0 Å². The molecule has 29 heavy (non-hydrogen) atoms. The molecule has 2 aliphatic rings. The fourth-order valence-electron chi connectivity index (χ4n) is 4.47. The monoisotopic (exact) mass is 395 g/mol.